The first kappa shape index (κ1) is 14.0. The van der Waals surface area contributed by atoms with E-state index in [9.17, 15) is 0 Å². The number of fused-ring (bicyclic) bond motifs is 2. The molecule has 0 aliphatic heterocycles. The molecular weight excluding hydrogens is 266 g/mol. The van der Waals surface area contributed by atoms with Gasteiger partial charge in [0.2, 0.25) is 0 Å². The predicted molar refractivity (Wildman–Crippen MR) is 92.3 cm³/mol. The number of pyridine rings is 1. The number of hydrogen-bond donors (Lipinski definition) is 0. The molecule has 1 nitrogen and oxygen atoms in total. The quantitative estimate of drug-likeness (QED) is 0.647. The maximum absolute atomic E-state index is 4.73. The molecule has 1 saturated carbocycles. The van der Waals surface area contributed by atoms with E-state index < -0.39 is 0 Å². The highest BCUT2D eigenvalue weighted by molar-refractivity contribution is 5.62. The lowest BCUT2D eigenvalue weighted by molar-refractivity contribution is 0.359. The van der Waals surface area contributed by atoms with Gasteiger partial charge < -0.3 is 0 Å². The first-order valence-electron chi connectivity index (χ1n) is 8.63. The van der Waals surface area contributed by atoms with Crippen LogP contribution in [0, 0.1) is 0 Å². The zero-order chi connectivity index (χ0) is 15.3. The SMILES string of the molecule is CC(C)(C)c1ccc(-c2ccc3c(c2)C2CCC3CC2)nc1. The van der Waals surface area contributed by atoms with E-state index in [-0.39, 0.29) is 5.41 Å². The first-order chi connectivity index (χ1) is 10.5. The maximum atomic E-state index is 4.73. The van der Waals surface area contributed by atoms with Crippen molar-refractivity contribution in [1.82, 2.24) is 4.98 Å². The van der Waals surface area contributed by atoms with Gasteiger partial charge in [-0.3, -0.25) is 4.98 Å². The molecule has 0 amide bonds. The molecule has 1 heterocycles. The van der Waals surface area contributed by atoms with Gasteiger partial charge in [-0.25, -0.2) is 0 Å². The fraction of sp³-hybridized carbons (Fsp3) is 0.476. The second kappa shape index (κ2) is 4.94. The molecule has 0 radical (unpaired) electrons. The van der Waals surface area contributed by atoms with Crippen LogP contribution in [0.4, 0.5) is 0 Å². The third-order valence-corrected chi connectivity index (χ3v) is 5.62. The van der Waals surface area contributed by atoms with Crippen LogP contribution in [0.3, 0.4) is 0 Å². The van der Waals surface area contributed by atoms with Crippen LogP contribution < -0.4 is 0 Å². The van der Waals surface area contributed by atoms with Gasteiger partial charge in [-0.05, 0) is 71.8 Å². The summed E-state index contributed by atoms with van der Waals surface area (Å²) in [6.07, 6.45) is 7.61. The molecule has 1 fully saturated rings. The van der Waals surface area contributed by atoms with Gasteiger partial charge >= 0.3 is 0 Å². The first-order valence-corrected chi connectivity index (χ1v) is 8.63. The highest BCUT2D eigenvalue weighted by Gasteiger charge is 2.32. The molecule has 2 bridgehead atoms. The van der Waals surface area contributed by atoms with Crippen molar-refractivity contribution >= 4 is 0 Å². The summed E-state index contributed by atoms with van der Waals surface area (Å²) in [7, 11) is 0. The molecule has 0 atom stereocenters. The Kier molecular flexibility index (Phi) is 3.14. The highest BCUT2D eigenvalue weighted by atomic mass is 14.7. The van der Waals surface area contributed by atoms with E-state index in [1.165, 1.54) is 36.8 Å². The lowest BCUT2D eigenvalue weighted by Crippen LogP contribution is -2.21. The van der Waals surface area contributed by atoms with Crippen molar-refractivity contribution in [2.45, 2.75) is 63.7 Å². The molecule has 114 valence electrons. The lowest BCUT2D eigenvalue weighted by atomic mass is 9.67. The molecule has 0 saturated heterocycles. The Morgan fingerprint density at radius 1 is 0.864 bits per heavy atom. The van der Waals surface area contributed by atoms with Crippen molar-refractivity contribution in [2.24, 2.45) is 0 Å². The Morgan fingerprint density at radius 2 is 1.55 bits per heavy atom. The summed E-state index contributed by atoms with van der Waals surface area (Å²) in [5, 5.41) is 0. The second-order valence-electron chi connectivity index (χ2n) is 8.07. The number of benzene rings is 1. The monoisotopic (exact) mass is 291 g/mol. The Bertz CT molecular complexity index is 683. The largest absolute Gasteiger partial charge is 0.256 e. The van der Waals surface area contributed by atoms with E-state index in [2.05, 4.69) is 51.1 Å². The standard InChI is InChI=1S/C21H25N/c1-21(2,3)17-9-11-20(22-13-17)16-8-10-18-14-4-6-15(7-5-14)19(18)12-16/h8-15H,4-7H2,1-3H3. The van der Waals surface area contributed by atoms with Crippen molar-refractivity contribution in [3.63, 3.8) is 0 Å². The summed E-state index contributed by atoms with van der Waals surface area (Å²) in [5.74, 6) is 1.62. The van der Waals surface area contributed by atoms with Crippen LogP contribution >= 0.6 is 0 Å². The van der Waals surface area contributed by atoms with Gasteiger partial charge in [-0.2, -0.15) is 0 Å². The third kappa shape index (κ3) is 2.27. The van der Waals surface area contributed by atoms with Gasteiger partial charge in [0.05, 0.1) is 5.69 Å². The van der Waals surface area contributed by atoms with Crippen molar-refractivity contribution in [1.29, 1.82) is 0 Å². The second-order valence-corrected chi connectivity index (χ2v) is 8.07. The van der Waals surface area contributed by atoms with Crippen LogP contribution in [-0.4, -0.2) is 4.98 Å². The van der Waals surface area contributed by atoms with Crippen LogP contribution in [0.1, 0.15) is 75.0 Å². The van der Waals surface area contributed by atoms with Crippen molar-refractivity contribution in [3.8, 4) is 11.3 Å². The van der Waals surface area contributed by atoms with Gasteiger partial charge in [0, 0.05) is 11.8 Å². The Labute approximate surface area is 133 Å². The number of nitrogens with zero attached hydrogens (tertiary/aromatic N) is 1. The minimum absolute atomic E-state index is 0.167. The predicted octanol–water partition coefficient (Wildman–Crippen LogP) is 5.80. The van der Waals surface area contributed by atoms with Gasteiger partial charge in [-0.15, -0.1) is 0 Å². The van der Waals surface area contributed by atoms with Crippen molar-refractivity contribution in [2.75, 3.05) is 0 Å². The fourth-order valence-corrected chi connectivity index (χ4v) is 4.18. The molecule has 0 spiro atoms. The molecule has 2 aromatic rings. The highest BCUT2D eigenvalue weighted by Crippen LogP contribution is 2.49. The Morgan fingerprint density at radius 3 is 2.14 bits per heavy atom. The molecule has 0 N–H and O–H groups in total. The molecule has 3 aliphatic carbocycles. The third-order valence-electron chi connectivity index (χ3n) is 5.62. The van der Waals surface area contributed by atoms with E-state index in [1.54, 1.807) is 11.1 Å². The average Bonchev–Trinajstić information content (AvgIpc) is 2.55. The van der Waals surface area contributed by atoms with Gasteiger partial charge in [-0.1, -0.05) is 39.0 Å². The van der Waals surface area contributed by atoms with E-state index in [4.69, 9.17) is 4.98 Å². The molecule has 3 aliphatic rings. The molecule has 1 aromatic heterocycles. The lowest BCUT2D eigenvalue weighted by Gasteiger charge is -2.38. The van der Waals surface area contributed by atoms with Crippen LogP contribution in [-0.2, 0) is 5.41 Å². The van der Waals surface area contributed by atoms with E-state index >= 15 is 0 Å². The average molecular weight is 291 g/mol. The van der Waals surface area contributed by atoms with Crippen LogP contribution in [0.5, 0.6) is 0 Å². The fourth-order valence-electron chi connectivity index (χ4n) is 4.18. The minimum Gasteiger partial charge on any atom is -0.256 e. The van der Waals surface area contributed by atoms with E-state index in [0.717, 1.165) is 17.5 Å². The zero-order valence-electron chi connectivity index (χ0n) is 13.9. The summed E-state index contributed by atoms with van der Waals surface area (Å²) in [6, 6.07) is 11.5. The van der Waals surface area contributed by atoms with Gasteiger partial charge in [0.25, 0.3) is 0 Å². The Hall–Kier alpha value is -1.63. The molecule has 5 rings (SSSR count). The summed E-state index contributed by atoms with van der Waals surface area (Å²) in [5.41, 5.74) is 7.09. The molecule has 22 heavy (non-hydrogen) atoms. The van der Waals surface area contributed by atoms with Crippen LogP contribution in [0.25, 0.3) is 11.3 Å². The molecule has 1 heteroatoms. The van der Waals surface area contributed by atoms with E-state index in [0.29, 0.717) is 0 Å². The normalized spacial score (nSPS) is 23.4. The van der Waals surface area contributed by atoms with Crippen molar-refractivity contribution < 1.29 is 0 Å². The van der Waals surface area contributed by atoms with Gasteiger partial charge in [0.1, 0.15) is 0 Å². The summed E-state index contributed by atoms with van der Waals surface area (Å²) in [4.78, 5) is 4.73. The number of hydrogen-bond acceptors (Lipinski definition) is 1. The smallest absolute Gasteiger partial charge is 0.0702 e. The van der Waals surface area contributed by atoms with E-state index in [1.807, 2.05) is 6.20 Å². The molecule has 1 aromatic carbocycles. The summed E-state index contributed by atoms with van der Waals surface area (Å²) in [6.45, 7) is 6.71. The number of rotatable bonds is 1. The van der Waals surface area contributed by atoms with Gasteiger partial charge in [0.15, 0.2) is 0 Å². The molecular formula is C21H25N. The Balaban J connectivity index is 1.71. The maximum Gasteiger partial charge on any atom is 0.0702 e. The molecule has 0 unspecified atom stereocenters. The summed E-state index contributed by atoms with van der Waals surface area (Å²) >= 11 is 0. The number of aromatic nitrogens is 1. The van der Waals surface area contributed by atoms with Crippen molar-refractivity contribution in [3.05, 3.63) is 53.2 Å². The summed E-state index contributed by atoms with van der Waals surface area (Å²) < 4.78 is 0. The zero-order valence-corrected chi connectivity index (χ0v) is 13.9. The minimum atomic E-state index is 0.167. The van der Waals surface area contributed by atoms with Crippen LogP contribution in [0.15, 0.2) is 36.5 Å². The topological polar surface area (TPSA) is 12.9 Å². The van der Waals surface area contributed by atoms with Crippen LogP contribution in [0.2, 0.25) is 0 Å².